The number of guanidine groups is 1. The largest absolute Gasteiger partial charge is 0.383 e. The second kappa shape index (κ2) is 8.84. The second-order valence-electron chi connectivity index (χ2n) is 4.72. The zero-order valence-electron chi connectivity index (χ0n) is 13.1. The van der Waals surface area contributed by atoms with Crippen molar-refractivity contribution in [2.75, 3.05) is 26.8 Å². The first-order valence-corrected chi connectivity index (χ1v) is 7.44. The highest BCUT2D eigenvalue weighted by Gasteiger charge is 2.03. The van der Waals surface area contributed by atoms with Crippen molar-refractivity contribution in [2.45, 2.75) is 13.5 Å². The Morgan fingerprint density at radius 2 is 2.09 bits per heavy atom. The van der Waals surface area contributed by atoms with Crippen LogP contribution in [0.25, 0.3) is 11.3 Å². The van der Waals surface area contributed by atoms with E-state index in [4.69, 9.17) is 4.74 Å². The second-order valence-corrected chi connectivity index (χ2v) is 4.72. The van der Waals surface area contributed by atoms with Crippen LogP contribution >= 0.6 is 0 Å². The van der Waals surface area contributed by atoms with Gasteiger partial charge in [-0.15, -0.1) is 0 Å². The number of hydrogen-bond acceptors (Lipinski definition) is 3. The van der Waals surface area contributed by atoms with Crippen molar-refractivity contribution in [3.05, 3.63) is 42.4 Å². The third kappa shape index (κ3) is 4.89. The fraction of sp³-hybridized carbons (Fsp3) is 0.375. The quantitative estimate of drug-likeness (QED) is 0.414. The molecule has 1 heterocycles. The molecule has 6 nitrogen and oxygen atoms in total. The highest BCUT2D eigenvalue weighted by molar-refractivity contribution is 5.79. The van der Waals surface area contributed by atoms with Gasteiger partial charge in [-0.2, -0.15) is 0 Å². The zero-order chi connectivity index (χ0) is 15.6. The Labute approximate surface area is 131 Å². The van der Waals surface area contributed by atoms with Crippen LogP contribution in [-0.2, 0) is 11.3 Å². The lowest BCUT2D eigenvalue weighted by Gasteiger charge is -2.10. The fourth-order valence-electron chi connectivity index (χ4n) is 1.97. The number of ether oxygens (including phenoxy) is 1. The molecule has 3 N–H and O–H groups in total. The molecular weight excluding hydrogens is 278 g/mol. The number of H-pyrrole nitrogens is 1. The minimum Gasteiger partial charge on any atom is -0.383 e. The minimum atomic E-state index is 0.495. The molecule has 0 saturated carbocycles. The van der Waals surface area contributed by atoms with E-state index in [1.54, 1.807) is 7.11 Å². The van der Waals surface area contributed by atoms with Crippen LogP contribution in [0.15, 0.2) is 41.5 Å². The van der Waals surface area contributed by atoms with Crippen molar-refractivity contribution in [3.63, 3.8) is 0 Å². The molecule has 0 radical (unpaired) electrons. The zero-order valence-corrected chi connectivity index (χ0v) is 13.1. The summed E-state index contributed by atoms with van der Waals surface area (Å²) in [6, 6.07) is 10.1. The van der Waals surface area contributed by atoms with Crippen molar-refractivity contribution < 1.29 is 4.74 Å². The first-order chi connectivity index (χ1) is 10.8. The lowest BCUT2D eigenvalue weighted by molar-refractivity contribution is 0.203. The number of methoxy groups -OCH3 is 1. The Hall–Kier alpha value is -2.34. The fourth-order valence-corrected chi connectivity index (χ4v) is 1.97. The third-order valence-corrected chi connectivity index (χ3v) is 3.04. The maximum atomic E-state index is 5.02. The molecule has 0 aliphatic heterocycles. The van der Waals surface area contributed by atoms with Gasteiger partial charge >= 0.3 is 0 Å². The maximum absolute atomic E-state index is 5.02. The first-order valence-electron chi connectivity index (χ1n) is 7.44. The minimum absolute atomic E-state index is 0.495. The monoisotopic (exact) mass is 301 g/mol. The molecule has 0 spiro atoms. The summed E-state index contributed by atoms with van der Waals surface area (Å²) < 4.78 is 5.02. The van der Waals surface area contributed by atoms with Gasteiger partial charge in [-0.3, -0.25) is 0 Å². The predicted octanol–water partition coefficient (Wildman–Crippen LogP) is 1.78. The van der Waals surface area contributed by atoms with E-state index >= 15 is 0 Å². The molecule has 1 aromatic heterocycles. The summed E-state index contributed by atoms with van der Waals surface area (Å²) >= 11 is 0. The number of benzene rings is 1. The highest BCUT2D eigenvalue weighted by Crippen LogP contribution is 2.16. The van der Waals surface area contributed by atoms with Crippen LogP contribution in [-0.4, -0.2) is 42.7 Å². The number of aromatic amines is 1. The lowest BCUT2D eigenvalue weighted by atomic mass is 10.2. The van der Waals surface area contributed by atoms with Crippen molar-refractivity contribution in [3.8, 4) is 11.3 Å². The van der Waals surface area contributed by atoms with Gasteiger partial charge < -0.3 is 20.4 Å². The van der Waals surface area contributed by atoms with Crippen molar-refractivity contribution >= 4 is 5.96 Å². The van der Waals surface area contributed by atoms with Gasteiger partial charge in [0.1, 0.15) is 12.4 Å². The molecule has 0 aliphatic rings. The third-order valence-electron chi connectivity index (χ3n) is 3.04. The topological polar surface area (TPSA) is 74.3 Å². The number of aliphatic imine (C=N–C) groups is 1. The highest BCUT2D eigenvalue weighted by atomic mass is 16.5. The number of aromatic nitrogens is 2. The van der Waals surface area contributed by atoms with E-state index in [9.17, 15) is 0 Å². The van der Waals surface area contributed by atoms with Gasteiger partial charge in [0.05, 0.1) is 18.5 Å². The molecule has 0 unspecified atom stereocenters. The van der Waals surface area contributed by atoms with Crippen LogP contribution in [0.3, 0.4) is 0 Å². The van der Waals surface area contributed by atoms with Crippen molar-refractivity contribution in [2.24, 2.45) is 4.99 Å². The Balaban J connectivity index is 1.97. The average molecular weight is 301 g/mol. The van der Waals surface area contributed by atoms with Gasteiger partial charge in [-0.1, -0.05) is 30.3 Å². The van der Waals surface area contributed by atoms with Crippen LogP contribution in [0.1, 0.15) is 12.7 Å². The number of nitrogens with one attached hydrogen (secondary N) is 3. The molecule has 0 saturated heterocycles. The van der Waals surface area contributed by atoms with Gasteiger partial charge in [0.15, 0.2) is 5.96 Å². The van der Waals surface area contributed by atoms with E-state index in [2.05, 4.69) is 37.7 Å². The van der Waals surface area contributed by atoms with Gasteiger partial charge in [-0.25, -0.2) is 9.98 Å². The average Bonchev–Trinajstić information content (AvgIpc) is 3.03. The van der Waals surface area contributed by atoms with Gasteiger partial charge in [0.25, 0.3) is 0 Å². The Kier molecular flexibility index (Phi) is 6.44. The van der Waals surface area contributed by atoms with Crippen molar-refractivity contribution in [1.82, 2.24) is 20.6 Å². The SMILES string of the molecule is CCNC(=NCc1ncc(-c2ccccc2)[nH]1)NCCOC. The number of rotatable bonds is 7. The molecule has 0 bridgehead atoms. The standard InChI is InChI=1S/C16H23N5O/c1-3-17-16(18-9-10-22-2)20-12-15-19-11-14(21-15)13-7-5-4-6-8-13/h4-8,11H,3,9-10,12H2,1-2H3,(H,19,21)(H2,17,18,20). The van der Waals surface area contributed by atoms with Gasteiger partial charge in [0.2, 0.25) is 0 Å². The van der Waals surface area contributed by atoms with E-state index in [-0.39, 0.29) is 0 Å². The number of imidazole rings is 1. The summed E-state index contributed by atoms with van der Waals surface area (Å²) in [5, 5.41) is 6.39. The van der Waals surface area contributed by atoms with Gasteiger partial charge in [0, 0.05) is 20.2 Å². The smallest absolute Gasteiger partial charge is 0.191 e. The maximum Gasteiger partial charge on any atom is 0.191 e. The number of nitrogens with zero attached hydrogens (tertiary/aromatic N) is 2. The van der Waals surface area contributed by atoms with E-state index < -0.39 is 0 Å². The molecule has 0 fully saturated rings. The van der Waals surface area contributed by atoms with Crippen LogP contribution in [0.4, 0.5) is 0 Å². The molecule has 118 valence electrons. The molecule has 22 heavy (non-hydrogen) atoms. The molecule has 2 aromatic rings. The summed E-state index contributed by atoms with van der Waals surface area (Å²) in [6.45, 7) is 4.70. The summed E-state index contributed by atoms with van der Waals surface area (Å²) in [6.07, 6.45) is 1.84. The van der Waals surface area contributed by atoms with E-state index in [0.29, 0.717) is 13.2 Å². The summed E-state index contributed by atoms with van der Waals surface area (Å²) in [5.74, 6) is 1.60. The molecule has 1 aromatic carbocycles. The summed E-state index contributed by atoms with van der Waals surface area (Å²) in [5.41, 5.74) is 2.12. The molecule has 0 amide bonds. The van der Waals surface area contributed by atoms with Crippen LogP contribution in [0, 0.1) is 0 Å². The van der Waals surface area contributed by atoms with E-state index in [1.165, 1.54) is 0 Å². The Morgan fingerprint density at radius 3 is 2.82 bits per heavy atom. The molecule has 6 heteroatoms. The van der Waals surface area contributed by atoms with Crippen LogP contribution in [0.5, 0.6) is 0 Å². The first kappa shape index (κ1) is 16.0. The Morgan fingerprint density at radius 1 is 1.27 bits per heavy atom. The van der Waals surface area contributed by atoms with E-state index in [0.717, 1.165) is 36.1 Å². The summed E-state index contributed by atoms with van der Waals surface area (Å²) in [4.78, 5) is 12.2. The number of hydrogen-bond donors (Lipinski definition) is 3. The Bertz CT molecular complexity index is 579. The molecule has 2 rings (SSSR count). The van der Waals surface area contributed by atoms with E-state index in [1.807, 2.05) is 31.3 Å². The normalized spacial score (nSPS) is 11.5. The predicted molar refractivity (Wildman–Crippen MR) is 88.7 cm³/mol. The molecule has 0 atom stereocenters. The van der Waals surface area contributed by atoms with Crippen LogP contribution in [0.2, 0.25) is 0 Å². The molecular formula is C16H23N5O. The molecule has 0 aliphatic carbocycles. The summed E-state index contributed by atoms with van der Waals surface area (Å²) in [7, 11) is 1.68. The van der Waals surface area contributed by atoms with Crippen LogP contribution < -0.4 is 10.6 Å². The van der Waals surface area contributed by atoms with Crippen molar-refractivity contribution in [1.29, 1.82) is 0 Å². The van der Waals surface area contributed by atoms with Gasteiger partial charge in [-0.05, 0) is 12.5 Å². The lowest BCUT2D eigenvalue weighted by Crippen LogP contribution is -2.38.